The molecule has 0 unspecified atom stereocenters. The molecule has 2 heterocycles. The van der Waals surface area contributed by atoms with Crippen LogP contribution in [0.1, 0.15) is 20.1 Å². The Kier molecular flexibility index (Phi) is 6.92. The Morgan fingerprint density at radius 3 is 2.42 bits per heavy atom. The fourth-order valence-electron chi connectivity index (χ4n) is 2.73. The maximum Gasteiger partial charge on any atom is 0.333 e. The second-order valence-electron chi connectivity index (χ2n) is 5.69. The van der Waals surface area contributed by atoms with E-state index in [1.54, 1.807) is 13.8 Å². The van der Waals surface area contributed by atoms with Gasteiger partial charge in [-0.15, -0.1) is 0 Å². The third-order valence-electron chi connectivity index (χ3n) is 3.84. The molecule has 1 aromatic rings. The number of ether oxygens (including phenoxy) is 1. The summed E-state index contributed by atoms with van der Waals surface area (Å²) in [6.07, 6.45) is -6.66. The van der Waals surface area contributed by atoms with Gasteiger partial charge >= 0.3 is 13.3 Å². The average molecular weight is 394 g/mol. The van der Waals surface area contributed by atoms with Gasteiger partial charge in [-0.1, -0.05) is 0 Å². The number of aromatic nitrogens is 2. The zero-order chi connectivity index (χ0) is 19.5. The smallest absolute Gasteiger partial charge is 0.333 e. The van der Waals surface area contributed by atoms with Crippen molar-refractivity contribution in [2.24, 2.45) is 0 Å². The topological polar surface area (TPSA) is 160 Å². The monoisotopic (exact) mass is 394 g/mol. The third kappa shape index (κ3) is 4.49. The molecule has 1 saturated heterocycles. The molecule has 2 rings (SSSR count). The summed E-state index contributed by atoms with van der Waals surface area (Å²) in [4.78, 5) is 25.0. The van der Waals surface area contributed by atoms with Crippen molar-refractivity contribution in [2.75, 3.05) is 19.4 Å². The van der Waals surface area contributed by atoms with Crippen molar-refractivity contribution in [3.63, 3.8) is 0 Å². The minimum atomic E-state index is -3.62. The summed E-state index contributed by atoms with van der Waals surface area (Å²) in [5.41, 5.74) is -1.48. The van der Waals surface area contributed by atoms with Crippen LogP contribution in [0.25, 0.3) is 0 Å². The summed E-state index contributed by atoms with van der Waals surface area (Å²) < 4.78 is 29.0. The van der Waals surface area contributed by atoms with Crippen molar-refractivity contribution in [3.05, 3.63) is 33.1 Å². The maximum atomic E-state index is 12.5. The number of aromatic amines is 1. The molecule has 1 aliphatic heterocycles. The average Bonchev–Trinajstić information content (AvgIpc) is 2.84. The molecule has 0 radical (unpaired) electrons. The van der Waals surface area contributed by atoms with Crippen LogP contribution in [0, 0.1) is 0 Å². The number of nitrogens with one attached hydrogen (secondary N) is 1. The van der Waals surface area contributed by atoms with Crippen molar-refractivity contribution < 1.29 is 33.7 Å². The highest BCUT2D eigenvalue weighted by Gasteiger charge is 2.48. The van der Waals surface area contributed by atoms with Gasteiger partial charge in [0.1, 0.15) is 18.3 Å². The van der Waals surface area contributed by atoms with Crippen LogP contribution < -0.4 is 11.2 Å². The van der Waals surface area contributed by atoms with E-state index in [2.05, 4.69) is 0 Å². The molecule has 0 aromatic carbocycles. The first-order chi connectivity index (χ1) is 12.2. The van der Waals surface area contributed by atoms with Gasteiger partial charge in [0.25, 0.3) is 5.56 Å². The zero-order valence-corrected chi connectivity index (χ0v) is 15.2. The van der Waals surface area contributed by atoms with Crippen molar-refractivity contribution in [1.82, 2.24) is 9.55 Å². The lowest BCUT2D eigenvalue weighted by atomic mass is 10.1. The highest BCUT2D eigenvalue weighted by atomic mass is 31.2. The van der Waals surface area contributed by atoms with Crippen LogP contribution in [0.15, 0.2) is 21.9 Å². The Morgan fingerprint density at radius 2 is 1.88 bits per heavy atom. The summed E-state index contributed by atoms with van der Waals surface area (Å²) in [6, 6.07) is 1.05. The summed E-state index contributed by atoms with van der Waals surface area (Å²) in [6.45, 7) is 3.41. The molecule has 4 N–H and O–H groups in total. The van der Waals surface area contributed by atoms with E-state index in [0.717, 1.165) is 16.8 Å². The van der Waals surface area contributed by atoms with Crippen molar-refractivity contribution in [3.8, 4) is 0 Å². The van der Waals surface area contributed by atoms with Gasteiger partial charge in [0.2, 0.25) is 0 Å². The van der Waals surface area contributed by atoms with Gasteiger partial charge in [0.15, 0.2) is 6.23 Å². The van der Waals surface area contributed by atoms with E-state index < -0.39 is 55.7 Å². The van der Waals surface area contributed by atoms with E-state index in [1.807, 2.05) is 4.98 Å². The Morgan fingerprint density at radius 1 is 1.27 bits per heavy atom. The molecule has 0 bridgehead atoms. The number of aliphatic hydroxyl groups excluding tert-OH is 3. The quantitative estimate of drug-likeness (QED) is 0.396. The van der Waals surface area contributed by atoms with Crippen molar-refractivity contribution >= 4 is 7.60 Å². The molecule has 148 valence electrons. The molecule has 26 heavy (non-hydrogen) atoms. The Hall–Kier alpha value is -1.33. The van der Waals surface area contributed by atoms with Gasteiger partial charge in [-0.3, -0.25) is 18.9 Å². The van der Waals surface area contributed by atoms with Crippen LogP contribution in [0.5, 0.6) is 0 Å². The molecule has 1 aromatic heterocycles. The zero-order valence-electron chi connectivity index (χ0n) is 14.3. The van der Waals surface area contributed by atoms with Crippen LogP contribution in [0.2, 0.25) is 0 Å². The van der Waals surface area contributed by atoms with E-state index in [9.17, 15) is 29.5 Å². The molecule has 12 heteroatoms. The largest absolute Gasteiger partial charge is 0.390 e. The van der Waals surface area contributed by atoms with E-state index in [4.69, 9.17) is 13.8 Å². The first-order valence-corrected chi connectivity index (χ1v) is 9.84. The number of hydrogen-bond donors (Lipinski definition) is 4. The lowest BCUT2D eigenvalue weighted by molar-refractivity contribution is -0.0806. The summed E-state index contributed by atoms with van der Waals surface area (Å²) in [5.74, 6) is 0. The number of hydrogen-bond acceptors (Lipinski definition) is 9. The van der Waals surface area contributed by atoms with E-state index >= 15 is 0 Å². The lowest BCUT2D eigenvalue weighted by Gasteiger charge is -2.25. The minimum Gasteiger partial charge on any atom is -0.390 e. The second-order valence-corrected chi connectivity index (χ2v) is 7.79. The number of aliphatic hydroxyl groups is 3. The molecular weight excluding hydrogens is 371 g/mol. The predicted octanol–water partition coefficient (Wildman–Crippen LogP) is -1.22. The number of nitrogens with zero attached hydrogens (tertiary/aromatic N) is 1. The molecular formula is C14H23N2O9P. The lowest BCUT2D eigenvalue weighted by Crippen LogP contribution is -2.41. The van der Waals surface area contributed by atoms with Crippen molar-refractivity contribution in [1.29, 1.82) is 0 Å². The van der Waals surface area contributed by atoms with E-state index in [1.165, 1.54) is 0 Å². The number of rotatable bonds is 8. The van der Waals surface area contributed by atoms with Gasteiger partial charge in [0.05, 0.1) is 25.5 Å². The molecule has 0 amide bonds. The minimum absolute atomic E-state index is 0.0934. The van der Waals surface area contributed by atoms with Crippen LogP contribution in [0.3, 0.4) is 0 Å². The highest BCUT2D eigenvalue weighted by molar-refractivity contribution is 7.53. The van der Waals surface area contributed by atoms with E-state index in [0.29, 0.717) is 0 Å². The summed E-state index contributed by atoms with van der Waals surface area (Å²) in [7, 11) is -3.62. The Bertz CT molecular complexity index is 753. The van der Waals surface area contributed by atoms with Crippen LogP contribution >= 0.6 is 7.60 Å². The molecule has 1 fully saturated rings. The maximum absolute atomic E-state index is 12.5. The fraction of sp³-hybridized carbons (Fsp3) is 0.714. The fourth-order valence-corrected chi connectivity index (χ4v) is 4.47. The van der Waals surface area contributed by atoms with Gasteiger partial charge < -0.3 is 29.1 Å². The molecule has 0 spiro atoms. The van der Waals surface area contributed by atoms with Crippen LogP contribution in [-0.2, 0) is 18.3 Å². The summed E-state index contributed by atoms with van der Waals surface area (Å²) >= 11 is 0. The number of H-pyrrole nitrogens is 1. The molecule has 1 aliphatic rings. The normalized spacial score (nSPS) is 27.6. The van der Waals surface area contributed by atoms with Crippen molar-refractivity contribution in [2.45, 2.75) is 44.5 Å². The van der Waals surface area contributed by atoms with Crippen LogP contribution in [0.4, 0.5) is 0 Å². The molecule has 0 aliphatic carbocycles. The molecule has 5 atom stereocenters. The SMILES string of the molecule is CCOP(=O)(C[C@@H](O)[C@H]1O[C@@H](n2ccc(=O)[nH]c2=O)[C@H](O)[C@@H]1O)OCC. The molecule has 0 saturated carbocycles. The van der Waals surface area contributed by atoms with Gasteiger partial charge in [-0.2, -0.15) is 0 Å². The van der Waals surface area contributed by atoms with Gasteiger partial charge in [-0.05, 0) is 13.8 Å². The standard InChI is InChI=1S/C14H23N2O9P/c1-3-23-26(22,24-4-2)7-8(17)12-10(19)11(20)13(25-12)16-6-5-9(18)15-14(16)21/h5-6,8,10-13,17,19-20H,3-4,7H2,1-2H3,(H,15,18,21)/t8-,10+,11-,12-,13-/m1/s1. The Labute approximate surface area is 148 Å². The second kappa shape index (κ2) is 8.57. The van der Waals surface area contributed by atoms with E-state index in [-0.39, 0.29) is 13.2 Å². The highest BCUT2D eigenvalue weighted by Crippen LogP contribution is 2.49. The predicted molar refractivity (Wildman–Crippen MR) is 89.0 cm³/mol. The summed E-state index contributed by atoms with van der Waals surface area (Å²) in [5, 5.41) is 30.7. The Balaban J connectivity index is 2.19. The van der Waals surface area contributed by atoms with Gasteiger partial charge in [0, 0.05) is 12.3 Å². The van der Waals surface area contributed by atoms with Gasteiger partial charge in [-0.25, -0.2) is 4.79 Å². The van der Waals surface area contributed by atoms with Crippen LogP contribution in [-0.4, -0.2) is 68.7 Å². The first kappa shape index (κ1) is 21.0. The molecule has 11 nitrogen and oxygen atoms in total. The third-order valence-corrected chi connectivity index (χ3v) is 5.97. The first-order valence-electron chi connectivity index (χ1n) is 8.11.